The van der Waals surface area contributed by atoms with Gasteiger partial charge in [-0.05, 0) is 73.8 Å². The number of nitrogens with zero attached hydrogens (tertiary/aromatic N) is 5. The number of pyridine rings is 1. The topological polar surface area (TPSA) is 111 Å². The minimum atomic E-state index is -3.84. The molecule has 4 fully saturated rings. The first-order chi connectivity index (χ1) is 15.4. The molecule has 0 radical (unpaired) electrons. The van der Waals surface area contributed by atoms with Crippen molar-refractivity contribution in [3.8, 4) is 0 Å². The summed E-state index contributed by atoms with van der Waals surface area (Å²) in [5, 5.41) is 10.3. The Bertz CT molecular complexity index is 1260. The van der Waals surface area contributed by atoms with Crippen LogP contribution in [0.5, 0.6) is 0 Å². The number of carbonyl (C=O) groups is 1. The van der Waals surface area contributed by atoms with Crippen LogP contribution in [0.1, 0.15) is 49.0 Å². The zero-order chi connectivity index (χ0) is 21.9. The summed E-state index contributed by atoms with van der Waals surface area (Å²) in [7, 11) is -3.84. The number of imidazole rings is 1. The van der Waals surface area contributed by atoms with Gasteiger partial charge >= 0.3 is 0 Å². The number of rotatable bonds is 6. The zero-order valence-corrected chi connectivity index (χ0v) is 18.5. The molecular weight excluding hydrogens is 428 g/mol. The lowest BCUT2D eigenvalue weighted by Crippen LogP contribution is -2.48. The van der Waals surface area contributed by atoms with Crippen LogP contribution in [0.2, 0.25) is 0 Å². The van der Waals surface area contributed by atoms with Crippen LogP contribution in [-0.2, 0) is 16.4 Å². The standard InChI is InChI=1S/C22H26N6O3S/c29-20(18-2-1-3-19-23-4-5-28(18)19)24-14-32(30,31)21-26-25-13-27(21)12-22-9-15-6-16(10-22)8-17(7-15)11-22/h1-5,13,15-17H,6-12,14H2,(H,24,29). The number of hydrogen-bond donors (Lipinski definition) is 1. The Morgan fingerprint density at radius 1 is 1.12 bits per heavy atom. The highest BCUT2D eigenvalue weighted by Crippen LogP contribution is 2.60. The third kappa shape index (κ3) is 3.32. The highest BCUT2D eigenvalue weighted by Gasteiger charge is 2.51. The fourth-order valence-corrected chi connectivity index (χ4v) is 7.98. The first-order valence-electron chi connectivity index (χ1n) is 11.2. The lowest BCUT2D eigenvalue weighted by Gasteiger charge is -2.57. The molecule has 7 rings (SSSR count). The van der Waals surface area contributed by atoms with Crippen molar-refractivity contribution in [3.05, 3.63) is 42.6 Å². The SMILES string of the molecule is O=C(NCS(=O)(=O)c1nncn1CC12CC3CC(CC(C3)C1)C2)c1cccc2nccn12. The molecule has 32 heavy (non-hydrogen) atoms. The van der Waals surface area contributed by atoms with Gasteiger partial charge in [0.25, 0.3) is 11.1 Å². The summed E-state index contributed by atoms with van der Waals surface area (Å²) in [6.45, 7) is 0.639. The fourth-order valence-electron chi connectivity index (χ4n) is 6.89. The van der Waals surface area contributed by atoms with Gasteiger partial charge in [0.1, 0.15) is 23.5 Å². The Balaban J connectivity index is 1.20. The van der Waals surface area contributed by atoms with Crippen molar-refractivity contribution in [3.63, 3.8) is 0 Å². The molecule has 0 aliphatic heterocycles. The number of fused-ring (bicyclic) bond motifs is 1. The first-order valence-corrected chi connectivity index (χ1v) is 12.9. The lowest BCUT2D eigenvalue weighted by atomic mass is 9.49. The molecule has 4 aliphatic rings. The van der Waals surface area contributed by atoms with Crippen molar-refractivity contribution in [2.24, 2.45) is 23.2 Å². The van der Waals surface area contributed by atoms with Crippen molar-refractivity contribution in [2.75, 3.05) is 5.88 Å². The highest BCUT2D eigenvalue weighted by atomic mass is 32.2. The maximum absolute atomic E-state index is 13.1. The van der Waals surface area contributed by atoms with E-state index in [9.17, 15) is 13.2 Å². The van der Waals surface area contributed by atoms with E-state index < -0.39 is 21.6 Å². The van der Waals surface area contributed by atoms with Gasteiger partial charge in [0, 0.05) is 18.9 Å². The molecule has 3 aromatic heterocycles. The summed E-state index contributed by atoms with van der Waals surface area (Å²) in [5.74, 6) is 1.33. The van der Waals surface area contributed by atoms with Gasteiger partial charge in [-0.2, -0.15) is 0 Å². The third-order valence-electron chi connectivity index (χ3n) is 7.61. The van der Waals surface area contributed by atoms with Gasteiger partial charge in [-0.1, -0.05) is 6.07 Å². The monoisotopic (exact) mass is 454 g/mol. The van der Waals surface area contributed by atoms with Crippen LogP contribution in [0.15, 0.2) is 42.1 Å². The average molecular weight is 455 g/mol. The number of aromatic nitrogens is 5. The van der Waals surface area contributed by atoms with E-state index >= 15 is 0 Å². The minimum Gasteiger partial charge on any atom is -0.336 e. The molecule has 4 aliphatic carbocycles. The van der Waals surface area contributed by atoms with Crippen molar-refractivity contribution in [2.45, 2.75) is 50.2 Å². The van der Waals surface area contributed by atoms with Gasteiger partial charge in [0.2, 0.25) is 9.84 Å². The molecule has 168 valence electrons. The molecule has 9 nitrogen and oxygen atoms in total. The molecule has 4 bridgehead atoms. The fraction of sp³-hybridized carbons (Fsp3) is 0.545. The van der Waals surface area contributed by atoms with Crippen LogP contribution < -0.4 is 5.32 Å². The number of carbonyl (C=O) groups excluding carboxylic acids is 1. The number of amides is 1. The van der Waals surface area contributed by atoms with Gasteiger partial charge in [-0.25, -0.2) is 13.4 Å². The van der Waals surface area contributed by atoms with E-state index in [0.717, 1.165) is 17.8 Å². The Morgan fingerprint density at radius 2 is 1.84 bits per heavy atom. The van der Waals surface area contributed by atoms with E-state index in [1.165, 1.54) is 44.9 Å². The summed E-state index contributed by atoms with van der Waals surface area (Å²) in [4.78, 5) is 16.8. The van der Waals surface area contributed by atoms with E-state index in [0.29, 0.717) is 17.9 Å². The molecule has 1 N–H and O–H groups in total. The van der Waals surface area contributed by atoms with Gasteiger partial charge in [-0.15, -0.1) is 10.2 Å². The Kier molecular flexibility index (Phi) is 4.43. The zero-order valence-electron chi connectivity index (χ0n) is 17.7. The molecule has 0 aromatic carbocycles. The predicted octanol–water partition coefficient (Wildman–Crippen LogP) is 2.30. The molecule has 1 amide bonds. The van der Waals surface area contributed by atoms with Crippen LogP contribution >= 0.6 is 0 Å². The van der Waals surface area contributed by atoms with Crippen molar-refractivity contribution < 1.29 is 13.2 Å². The molecule has 3 heterocycles. The molecular formula is C22H26N6O3S. The molecule has 3 aromatic rings. The van der Waals surface area contributed by atoms with Crippen molar-refractivity contribution >= 4 is 21.4 Å². The summed E-state index contributed by atoms with van der Waals surface area (Å²) in [6, 6.07) is 5.13. The van der Waals surface area contributed by atoms with Crippen LogP contribution in [-0.4, -0.2) is 44.4 Å². The maximum Gasteiger partial charge on any atom is 0.269 e. The Hall–Kier alpha value is -2.75. The molecule has 4 saturated carbocycles. The average Bonchev–Trinajstić information content (AvgIpc) is 3.40. The van der Waals surface area contributed by atoms with Crippen LogP contribution in [0.25, 0.3) is 5.65 Å². The van der Waals surface area contributed by atoms with Gasteiger partial charge < -0.3 is 9.88 Å². The lowest BCUT2D eigenvalue weighted by molar-refractivity contribution is -0.0630. The van der Waals surface area contributed by atoms with E-state index in [1.807, 2.05) is 0 Å². The van der Waals surface area contributed by atoms with Crippen LogP contribution in [0.3, 0.4) is 0 Å². The highest BCUT2D eigenvalue weighted by molar-refractivity contribution is 7.91. The molecule has 0 unspecified atom stereocenters. The second-order valence-corrected chi connectivity index (χ2v) is 11.9. The number of sulfone groups is 1. The van der Waals surface area contributed by atoms with E-state index in [2.05, 4.69) is 20.5 Å². The summed E-state index contributed by atoms with van der Waals surface area (Å²) >= 11 is 0. The van der Waals surface area contributed by atoms with Crippen LogP contribution in [0.4, 0.5) is 0 Å². The summed E-state index contributed by atoms with van der Waals surface area (Å²) in [6.07, 6.45) is 12.3. The minimum absolute atomic E-state index is 0.0608. The van der Waals surface area contributed by atoms with Gasteiger partial charge in [0.05, 0.1) is 0 Å². The third-order valence-corrected chi connectivity index (χ3v) is 9.01. The number of nitrogens with one attached hydrogen (secondary N) is 1. The smallest absolute Gasteiger partial charge is 0.269 e. The van der Waals surface area contributed by atoms with Gasteiger partial charge in [0.15, 0.2) is 0 Å². The van der Waals surface area contributed by atoms with Crippen LogP contribution in [0, 0.1) is 23.2 Å². The quantitative estimate of drug-likeness (QED) is 0.612. The van der Waals surface area contributed by atoms with E-state index in [1.54, 1.807) is 39.6 Å². The van der Waals surface area contributed by atoms with Gasteiger partial charge in [-0.3, -0.25) is 9.20 Å². The normalized spacial score (nSPS) is 28.9. The summed E-state index contributed by atoms with van der Waals surface area (Å²) < 4.78 is 29.5. The Labute approximate surface area is 186 Å². The summed E-state index contributed by atoms with van der Waals surface area (Å²) in [5.41, 5.74) is 1.10. The Morgan fingerprint density at radius 3 is 2.56 bits per heavy atom. The second kappa shape index (κ2) is 7.13. The van der Waals surface area contributed by atoms with E-state index in [4.69, 9.17) is 0 Å². The predicted molar refractivity (Wildman–Crippen MR) is 115 cm³/mol. The largest absolute Gasteiger partial charge is 0.336 e. The molecule has 0 atom stereocenters. The molecule has 0 saturated heterocycles. The number of hydrogen-bond acceptors (Lipinski definition) is 6. The van der Waals surface area contributed by atoms with E-state index in [-0.39, 0.29) is 10.6 Å². The second-order valence-electron chi connectivity index (χ2n) is 9.99. The maximum atomic E-state index is 13.1. The van der Waals surface area contributed by atoms with Crippen molar-refractivity contribution in [1.82, 2.24) is 29.5 Å². The first kappa shape index (κ1) is 19.9. The molecule has 0 spiro atoms. The van der Waals surface area contributed by atoms with Crippen molar-refractivity contribution in [1.29, 1.82) is 0 Å². The molecule has 10 heteroatoms.